The van der Waals surface area contributed by atoms with Gasteiger partial charge in [-0.3, -0.25) is 4.79 Å². The molecule has 9 heteroatoms. The van der Waals surface area contributed by atoms with Gasteiger partial charge < -0.3 is 24.8 Å². The van der Waals surface area contributed by atoms with Gasteiger partial charge in [-0.25, -0.2) is 0 Å². The highest BCUT2D eigenvalue weighted by Gasteiger charge is 2.43. The van der Waals surface area contributed by atoms with E-state index in [0.29, 0.717) is 16.2 Å². The minimum absolute atomic E-state index is 0.0247. The summed E-state index contributed by atoms with van der Waals surface area (Å²) in [4.78, 5) is 12.3. The summed E-state index contributed by atoms with van der Waals surface area (Å²) >= 11 is 0. The lowest BCUT2D eigenvalue weighted by molar-refractivity contribution is -0.186. The van der Waals surface area contributed by atoms with E-state index in [4.69, 9.17) is 19.9 Å². The smallest absolute Gasteiger partial charge is 0.471 e. The number of halogens is 3. The van der Waals surface area contributed by atoms with Gasteiger partial charge in [-0.05, 0) is 6.07 Å². The second-order valence-corrected chi connectivity index (χ2v) is 5.05. The van der Waals surface area contributed by atoms with E-state index >= 15 is 0 Å². The molecular formula is C15H21F3N2O4. The lowest BCUT2D eigenvalue weighted by Crippen LogP contribution is -2.47. The third kappa shape index (κ3) is 5.27. The molecule has 0 bridgehead atoms. The molecule has 1 aromatic rings. The molecule has 0 radical (unpaired) electrons. The molecule has 2 N–H and O–H groups in total. The van der Waals surface area contributed by atoms with Gasteiger partial charge >= 0.3 is 12.1 Å². The van der Waals surface area contributed by atoms with E-state index in [1.54, 1.807) is 18.2 Å². The van der Waals surface area contributed by atoms with Crippen LogP contribution in [0.1, 0.15) is 5.56 Å². The first-order chi connectivity index (χ1) is 11.2. The molecule has 24 heavy (non-hydrogen) atoms. The maximum Gasteiger partial charge on any atom is 0.471 e. The van der Waals surface area contributed by atoms with Gasteiger partial charge in [0.1, 0.15) is 0 Å². The van der Waals surface area contributed by atoms with Crippen LogP contribution in [-0.4, -0.2) is 57.5 Å². The number of hydrogen-bond donors (Lipinski definition) is 1. The Hall–Kier alpha value is -2.00. The standard InChI is InChI=1S/C15H21F3N2O4/c1-22-9-11(19)8-20(14(21)15(16,17)18)7-10-5-4-6-12(23-2)13(10)24-3/h4-6,11H,7-9,19H2,1-3H3/t11-/m0/s1. The fourth-order valence-electron chi connectivity index (χ4n) is 2.23. The zero-order valence-electron chi connectivity index (χ0n) is 13.7. The Balaban J connectivity index is 3.10. The Morgan fingerprint density at radius 2 is 1.92 bits per heavy atom. The minimum atomic E-state index is -5.00. The van der Waals surface area contributed by atoms with Gasteiger partial charge in [0.05, 0.1) is 20.8 Å². The van der Waals surface area contributed by atoms with E-state index in [0.717, 1.165) is 0 Å². The Labute approximate surface area is 138 Å². The molecule has 0 unspecified atom stereocenters. The number of benzene rings is 1. The normalized spacial score (nSPS) is 12.6. The van der Waals surface area contributed by atoms with E-state index in [-0.39, 0.29) is 25.4 Å². The molecule has 1 atom stereocenters. The van der Waals surface area contributed by atoms with Crippen LogP contribution in [0.4, 0.5) is 13.2 Å². The van der Waals surface area contributed by atoms with Crippen molar-refractivity contribution in [3.05, 3.63) is 23.8 Å². The first kappa shape index (κ1) is 20.0. The number of alkyl halides is 3. The van der Waals surface area contributed by atoms with Crippen LogP contribution in [0.5, 0.6) is 11.5 Å². The third-order valence-electron chi connectivity index (χ3n) is 3.21. The molecular weight excluding hydrogens is 329 g/mol. The quantitative estimate of drug-likeness (QED) is 0.770. The van der Waals surface area contributed by atoms with Crippen molar-refractivity contribution < 1.29 is 32.2 Å². The molecule has 0 fully saturated rings. The molecule has 0 aliphatic rings. The van der Waals surface area contributed by atoms with Crippen molar-refractivity contribution in [3.8, 4) is 11.5 Å². The lowest BCUT2D eigenvalue weighted by Gasteiger charge is -2.27. The van der Waals surface area contributed by atoms with Crippen molar-refractivity contribution in [3.63, 3.8) is 0 Å². The molecule has 1 amide bonds. The van der Waals surface area contributed by atoms with Crippen LogP contribution >= 0.6 is 0 Å². The van der Waals surface area contributed by atoms with Crippen molar-refractivity contribution in [2.24, 2.45) is 5.73 Å². The molecule has 0 aromatic heterocycles. The van der Waals surface area contributed by atoms with Crippen molar-refractivity contribution in [1.82, 2.24) is 4.90 Å². The number of methoxy groups -OCH3 is 3. The van der Waals surface area contributed by atoms with E-state index in [2.05, 4.69) is 0 Å². The highest BCUT2D eigenvalue weighted by molar-refractivity contribution is 5.82. The van der Waals surface area contributed by atoms with Crippen molar-refractivity contribution >= 4 is 5.91 Å². The molecule has 0 saturated heterocycles. The number of nitrogens with zero attached hydrogens (tertiary/aromatic N) is 1. The van der Waals surface area contributed by atoms with E-state index in [9.17, 15) is 18.0 Å². The minimum Gasteiger partial charge on any atom is -0.493 e. The van der Waals surface area contributed by atoms with E-state index in [1.165, 1.54) is 21.3 Å². The van der Waals surface area contributed by atoms with Crippen LogP contribution in [-0.2, 0) is 16.1 Å². The van der Waals surface area contributed by atoms with Gasteiger partial charge in [0, 0.05) is 31.8 Å². The monoisotopic (exact) mass is 350 g/mol. The molecule has 0 spiro atoms. The lowest BCUT2D eigenvalue weighted by atomic mass is 10.1. The summed E-state index contributed by atoms with van der Waals surface area (Å²) in [5.74, 6) is -1.35. The summed E-state index contributed by atoms with van der Waals surface area (Å²) < 4.78 is 53.6. The van der Waals surface area contributed by atoms with Gasteiger partial charge in [0.25, 0.3) is 0 Å². The Morgan fingerprint density at radius 3 is 2.42 bits per heavy atom. The van der Waals surface area contributed by atoms with Crippen molar-refractivity contribution in [2.75, 3.05) is 34.5 Å². The maximum atomic E-state index is 12.8. The van der Waals surface area contributed by atoms with E-state index in [1.807, 2.05) is 0 Å². The zero-order chi connectivity index (χ0) is 18.3. The molecule has 0 heterocycles. The second-order valence-electron chi connectivity index (χ2n) is 5.05. The van der Waals surface area contributed by atoms with Crippen LogP contribution in [0.15, 0.2) is 18.2 Å². The van der Waals surface area contributed by atoms with Gasteiger partial charge in [0.2, 0.25) is 0 Å². The molecule has 1 rings (SSSR count). The second kappa shape index (κ2) is 8.74. The summed E-state index contributed by atoms with van der Waals surface area (Å²) in [5.41, 5.74) is 6.08. The average Bonchev–Trinajstić information content (AvgIpc) is 2.52. The molecule has 0 aliphatic heterocycles. The Morgan fingerprint density at radius 1 is 1.25 bits per heavy atom. The molecule has 0 saturated carbocycles. The number of ether oxygens (including phenoxy) is 3. The summed E-state index contributed by atoms with van der Waals surface area (Å²) in [6.45, 7) is -0.612. The predicted octanol–water partition coefficient (Wildman–Crippen LogP) is 1.57. The summed E-state index contributed by atoms with van der Waals surface area (Å²) in [6, 6.07) is 4.01. The third-order valence-corrected chi connectivity index (χ3v) is 3.21. The summed E-state index contributed by atoms with van der Waals surface area (Å²) in [6.07, 6.45) is -5.00. The number of rotatable bonds is 8. The first-order valence-corrected chi connectivity index (χ1v) is 7.05. The maximum absolute atomic E-state index is 12.8. The van der Waals surface area contributed by atoms with Gasteiger partial charge in [0.15, 0.2) is 11.5 Å². The zero-order valence-corrected chi connectivity index (χ0v) is 13.7. The number of hydrogen-bond acceptors (Lipinski definition) is 5. The van der Waals surface area contributed by atoms with Gasteiger partial charge in [-0.15, -0.1) is 0 Å². The SMILES string of the molecule is COC[C@@H](N)CN(Cc1cccc(OC)c1OC)C(=O)C(F)(F)F. The highest BCUT2D eigenvalue weighted by Crippen LogP contribution is 2.32. The molecule has 136 valence electrons. The molecule has 6 nitrogen and oxygen atoms in total. The first-order valence-electron chi connectivity index (χ1n) is 7.05. The summed E-state index contributed by atoms with van der Waals surface area (Å²) in [5, 5.41) is 0. The van der Waals surface area contributed by atoms with Crippen LogP contribution < -0.4 is 15.2 Å². The number of carbonyl (C=O) groups excluding carboxylic acids is 1. The van der Waals surface area contributed by atoms with Gasteiger partial charge in [-0.1, -0.05) is 12.1 Å². The Kier molecular flexibility index (Phi) is 7.30. The van der Waals surface area contributed by atoms with Crippen LogP contribution in [0, 0.1) is 0 Å². The number of amides is 1. The van der Waals surface area contributed by atoms with E-state index < -0.39 is 18.1 Å². The van der Waals surface area contributed by atoms with Crippen molar-refractivity contribution in [1.29, 1.82) is 0 Å². The number of nitrogens with two attached hydrogens (primary N) is 1. The largest absolute Gasteiger partial charge is 0.493 e. The fourth-order valence-corrected chi connectivity index (χ4v) is 2.23. The number of para-hydroxylation sites is 1. The summed E-state index contributed by atoms with van der Waals surface area (Å²) in [7, 11) is 4.16. The Bertz CT molecular complexity index is 552. The van der Waals surface area contributed by atoms with Gasteiger partial charge in [-0.2, -0.15) is 13.2 Å². The molecule has 1 aromatic carbocycles. The topological polar surface area (TPSA) is 74.0 Å². The van der Waals surface area contributed by atoms with Crippen molar-refractivity contribution in [2.45, 2.75) is 18.8 Å². The average molecular weight is 350 g/mol. The highest BCUT2D eigenvalue weighted by atomic mass is 19.4. The van der Waals surface area contributed by atoms with Crippen LogP contribution in [0.25, 0.3) is 0 Å². The van der Waals surface area contributed by atoms with Crippen LogP contribution in [0.3, 0.4) is 0 Å². The van der Waals surface area contributed by atoms with Crippen LogP contribution in [0.2, 0.25) is 0 Å². The fraction of sp³-hybridized carbons (Fsp3) is 0.533. The number of carbonyl (C=O) groups is 1. The predicted molar refractivity (Wildman–Crippen MR) is 80.9 cm³/mol. The molecule has 0 aliphatic carbocycles.